The monoisotopic (exact) mass is 293 g/mol. The van der Waals surface area contributed by atoms with Crippen LogP contribution in [0.3, 0.4) is 0 Å². The predicted octanol–water partition coefficient (Wildman–Crippen LogP) is 0.910. The van der Waals surface area contributed by atoms with Crippen molar-refractivity contribution in [2.75, 3.05) is 6.54 Å². The smallest absolute Gasteiger partial charge is 0.335 e. The van der Waals surface area contributed by atoms with Gasteiger partial charge in [-0.3, -0.25) is 9.59 Å². The van der Waals surface area contributed by atoms with E-state index >= 15 is 0 Å². The zero-order valence-corrected chi connectivity index (χ0v) is 10.2. The molecule has 1 rings (SSSR count). The molecule has 21 heavy (non-hydrogen) atoms. The van der Waals surface area contributed by atoms with E-state index in [1.807, 2.05) is 0 Å². The molecule has 108 valence electrons. The Morgan fingerprint density at radius 3 is 2.52 bits per heavy atom. The van der Waals surface area contributed by atoms with Crippen molar-refractivity contribution in [2.45, 2.75) is 6.04 Å². The largest absolute Gasteiger partial charge is 0.493 e. The molecule has 1 aromatic rings. The van der Waals surface area contributed by atoms with E-state index in [2.05, 4.69) is 25.4 Å². The number of hydrogen-bond donors (Lipinski definition) is 2. The van der Waals surface area contributed by atoms with Gasteiger partial charge in [-0.05, 0) is 11.6 Å². The number of nitroso groups, excluding NO2 is 2. The van der Waals surface area contributed by atoms with Crippen LogP contribution in [0.15, 0.2) is 21.5 Å². The number of hydrogen-bond acceptors (Lipinski definition) is 8. The highest BCUT2D eigenvalue weighted by atomic mass is 16.3. The van der Waals surface area contributed by atoms with Crippen LogP contribution in [0.5, 0.6) is 5.88 Å². The Bertz CT molecular complexity index is 667. The van der Waals surface area contributed by atoms with Gasteiger partial charge in [0, 0.05) is 33.4 Å². The molecule has 0 aromatic carbocycles. The fourth-order valence-electron chi connectivity index (χ4n) is 1.51. The molecule has 1 heterocycles. The highest BCUT2D eigenvalue weighted by Crippen LogP contribution is 2.27. The molecule has 0 spiro atoms. The molecule has 1 aromatic heterocycles. The lowest BCUT2D eigenvalue weighted by molar-refractivity contribution is 0.0995. The molecule has 0 aliphatic heterocycles. The number of nitrogens with two attached hydrogens (primary N) is 1. The average molecular weight is 293 g/mol. The summed E-state index contributed by atoms with van der Waals surface area (Å²) in [5.41, 5.74) is 12.3. The second-order valence-electron chi connectivity index (χ2n) is 3.61. The van der Waals surface area contributed by atoms with Gasteiger partial charge in [0.2, 0.25) is 5.88 Å². The third-order valence-corrected chi connectivity index (χ3v) is 2.37. The zero-order chi connectivity index (χ0) is 16.0. The van der Waals surface area contributed by atoms with Gasteiger partial charge < -0.3 is 10.8 Å². The molecule has 1 unspecified atom stereocenters. The first kappa shape index (κ1) is 15.8. The van der Waals surface area contributed by atoms with Crippen LogP contribution < -0.4 is 5.73 Å². The van der Waals surface area contributed by atoms with Crippen LogP contribution in [-0.2, 0) is 0 Å². The van der Waals surface area contributed by atoms with Crippen molar-refractivity contribution < 1.29 is 14.7 Å². The molecular weight excluding hydrogens is 286 g/mol. The summed E-state index contributed by atoms with van der Waals surface area (Å²) < 4.78 is 0. The van der Waals surface area contributed by atoms with Gasteiger partial charge in [0.05, 0.1) is 5.56 Å². The summed E-state index contributed by atoms with van der Waals surface area (Å²) >= 11 is 0. The summed E-state index contributed by atoms with van der Waals surface area (Å²) in [6, 6.07) is -0.430. The quantitative estimate of drug-likeness (QED) is 0.347. The SMILES string of the molecule is [N-]=[N+]=NCC(N)c1c(C(=O)N=O)cc(C(=O)N=O)nc1O. The molecule has 0 aliphatic rings. The normalized spacial score (nSPS) is 11.1. The van der Waals surface area contributed by atoms with Gasteiger partial charge in [-0.2, -0.15) is 0 Å². The number of amides is 2. The van der Waals surface area contributed by atoms with Gasteiger partial charge in [0.1, 0.15) is 5.69 Å². The Hall–Kier alpha value is -3.24. The number of aromatic hydroxyl groups is 1. The first-order chi connectivity index (χ1) is 9.96. The first-order valence-electron chi connectivity index (χ1n) is 5.22. The van der Waals surface area contributed by atoms with Crippen LogP contribution in [-0.4, -0.2) is 28.4 Å². The van der Waals surface area contributed by atoms with Gasteiger partial charge in [0.15, 0.2) is 0 Å². The average Bonchev–Trinajstić information content (AvgIpc) is 2.49. The highest BCUT2D eigenvalue weighted by Gasteiger charge is 2.25. The van der Waals surface area contributed by atoms with Crippen molar-refractivity contribution in [3.05, 3.63) is 43.1 Å². The van der Waals surface area contributed by atoms with E-state index in [9.17, 15) is 24.5 Å². The Kier molecular flexibility index (Phi) is 5.11. The lowest BCUT2D eigenvalue weighted by Crippen LogP contribution is -2.19. The number of rotatable bonds is 5. The molecule has 1 atom stereocenters. The van der Waals surface area contributed by atoms with Crippen LogP contribution in [0.4, 0.5) is 0 Å². The third-order valence-electron chi connectivity index (χ3n) is 2.37. The predicted molar refractivity (Wildman–Crippen MR) is 67.1 cm³/mol. The van der Waals surface area contributed by atoms with E-state index in [1.54, 1.807) is 0 Å². The summed E-state index contributed by atoms with van der Waals surface area (Å²) in [7, 11) is 0. The molecule has 2 amide bonds. The molecule has 3 N–H and O–H groups in total. The maximum Gasteiger partial charge on any atom is 0.335 e. The van der Waals surface area contributed by atoms with E-state index < -0.39 is 35.0 Å². The Morgan fingerprint density at radius 2 is 2.00 bits per heavy atom. The number of azide groups is 1. The van der Waals surface area contributed by atoms with Crippen molar-refractivity contribution in [1.82, 2.24) is 4.98 Å². The van der Waals surface area contributed by atoms with E-state index in [0.29, 0.717) is 0 Å². The number of pyridine rings is 1. The molecule has 0 saturated carbocycles. The zero-order valence-electron chi connectivity index (χ0n) is 10.2. The molecule has 0 fully saturated rings. The minimum absolute atomic E-state index is 0.338. The third kappa shape index (κ3) is 3.40. The van der Waals surface area contributed by atoms with Crippen LogP contribution in [0.2, 0.25) is 0 Å². The summed E-state index contributed by atoms with van der Waals surface area (Å²) in [6.45, 7) is -0.357. The molecule has 12 heteroatoms. The second-order valence-corrected chi connectivity index (χ2v) is 3.61. The van der Waals surface area contributed by atoms with Crippen molar-refractivity contribution in [3.8, 4) is 5.88 Å². The van der Waals surface area contributed by atoms with Crippen molar-refractivity contribution in [1.29, 1.82) is 0 Å². The lowest BCUT2D eigenvalue weighted by atomic mass is 10.0. The summed E-state index contributed by atoms with van der Waals surface area (Å²) in [5.74, 6) is -3.59. The summed E-state index contributed by atoms with van der Waals surface area (Å²) in [4.78, 5) is 48.9. The first-order valence-corrected chi connectivity index (χ1v) is 5.22. The van der Waals surface area contributed by atoms with Crippen LogP contribution in [0, 0.1) is 9.81 Å². The number of carbonyl (C=O) groups excluding carboxylic acids is 2. The van der Waals surface area contributed by atoms with E-state index in [-0.39, 0.29) is 12.1 Å². The number of aromatic nitrogens is 1. The highest BCUT2D eigenvalue weighted by molar-refractivity contribution is 6.00. The van der Waals surface area contributed by atoms with Crippen molar-refractivity contribution in [2.24, 2.45) is 21.2 Å². The number of nitrogens with zero attached hydrogens (tertiary/aromatic N) is 6. The van der Waals surface area contributed by atoms with Crippen molar-refractivity contribution >= 4 is 11.8 Å². The fourth-order valence-corrected chi connectivity index (χ4v) is 1.51. The Balaban J connectivity index is 3.50. The van der Waals surface area contributed by atoms with Crippen LogP contribution in [0.25, 0.3) is 10.4 Å². The number of carbonyl (C=O) groups is 2. The second kappa shape index (κ2) is 6.79. The standard InChI is InChI=1S/C9H7N7O5/c10-4(2-12-16-11)6-3(7(17)14-20)1-5(8(18)15-21)13-9(6)19/h1,4H,2,10H2,(H,13,19). The van der Waals surface area contributed by atoms with Crippen LogP contribution >= 0.6 is 0 Å². The van der Waals surface area contributed by atoms with Gasteiger partial charge in [0.25, 0.3) is 0 Å². The summed E-state index contributed by atoms with van der Waals surface area (Å²) in [6.07, 6.45) is 0. The van der Waals surface area contributed by atoms with Crippen LogP contribution in [0.1, 0.15) is 32.5 Å². The summed E-state index contributed by atoms with van der Waals surface area (Å²) in [5, 5.41) is 17.1. The van der Waals surface area contributed by atoms with Gasteiger partial charge in [-0.25, -0.2) is 4.98 Å². The van der Waals surface area contributed by atoms with E-state index in [4.69, 9.17) is 11.3 Å². The Morgan fingerprint density at radius 1 is 1.38 bits per heavy atom. The molecular formula is C9H7N7O5. The molecule has 0 aliphatic carbocycles. The molecule has 12 nitrogen and oxygen atoms in total. The Labute approximate surface area is 115 Å². The molecule has 0 bridgehead atoms. The minimum Gasteiger partial charge on any atom is -0.493 e. The lowest BCUT2D eigenvalue weighted by Gasteiger charge is -2.13. The maximum atomic E-state index is 11.4. The minimum atomic E-state index is -1.36. The van der Waals surface area contributed by atoms with Gasteiger partial charge in [-0.1, -0.05) is 5.11 Å². The fraction of sp³-hybridized carbons (Fsp3) is 0.222. The van der Waals surface area contributed by atoms with E-state index in [1.165, 1.54) is 0 Å². The van der Waals surface area contributed by atoms with Gasteiger partial charge >= 0.3 is 11.8 Å². The molecule has 0 saturated heterocycles. The van der Waals surface area contributed by atoms with E-state index in [0.717, 1.165) is 6.07 Å². The maximum absolute atomic E-state index is 11.4. The topological polar surface area (TPSA) is 201 Å². The van der Waals surface area contributed by atoms with Crippen molar-refractivity contribution in [3.63, 3.8) is 0 Å². The molecule has 0 radical (unpaired) electrons. The van der Waals surface area contributed by atoms with Gasteiger partial charge in [-0.15, -0.1) is 9.81 Å².